The van der Waals surface area contributed by atoms with E-state index < -0.39 is 0 Å². The van der Waals surface area contributed by atoms with E-state index in [1.165, 1.54) is 17.9 Å². The number of hydrogen-bond donors (Lipinski definition) is 0. The Labute approximate surface area is 143 Å². The first-order valence-corrected chi connectivity index (χ1v) is 9.31. The molecule has 1 fully saturated rings. The Kier molecular flexibility index (Phi) is 4.66. The fourth-order valence-corrected chi connectivity index (χ4v) is 4.48. The molecule has 3 rings (SSSR count). The van der Waals surface area contributed by atoms with Crippen LogP contribution in [0, 0.1) is 18.3 Å². The summed E-state index contributed by atoms with van der Waals surface area (Å²) in [5.74, 6) is 4.18. The maximum Gasteiger partial charge on any atom is 0.0987 e. The van der Waals surface area contributed by atoms with Crippen molar-refractivity contribution in [3.05, 3.63) is 22.2 Å². The lowest BCUT2D eigenvalue weighted by Crippen LogP contribution is -2.11. The lowest BCUT2D eigenvalue weighted by atomic mass is 10.3. The molecule has 0 aromatic heterocycles. The lowest BCUT2D eigenvalue weighted by Gasteiger charge is -2.17. The van der Waals surface area contributed by atoms with Gasteiger partial charge in [-0.05, 0) is 31.9 Å². The molecule has 0 saturated heterocycles. The second-order valence-electron chi connectivity index (χ2n) is 5.05. The van der Waals surface area contributed by atoms with E-state index in [0.717, 1.165) is 16.5 Å². The zero-order valence-electron chi connectivity index (χ0n) is 11.5. The first kappa shape index (κ1) is 15.4. The molecule has 2 aliphatic rings. The third-order valence-corrected chi connectivity index (χ3v) is 6.19. The molecule has 1 saturated carbocycles. The quantitative estimate of drug-likeness (QED) is 0.534. The average Bonchev–Trinajstić information content (AvgIpc) is 3.20. The highest BCUT2D eigenvalue weighted by Crippen LogP contribution is 2.43. The van der Waals surface area contributed by atoms with E-state index in [9.17, 15) is 0 Å². The van der Waals surface area contributed by atoms with E-state index in [-0.39, 0.29) is 5.25 Å². The Hall–Kier alpha value is -0.470. The Bertz CT molecular complexity index is 635. The predicted molar refractivity (Wildman–Crippen MR) is 95.7 cm³/mol. The predicted octanol–water partition coefficient (Wildman–Crippen LogP) is 5.34. The molecule has 0 radical (unpaired) electrons. The molecule has 0 amide bonds. The smallest absolute Gasteiger partial charge is 0.0987 e. The summed E-state index contributed by atoms with van der Waals surface area (Å²) >= 11 is 16.0. The van der Waals surface area contributed by atoms with Gasteiger partial charge in [0.25, 0.3) is 0 Å². The molecule has 0 N–H and O–H groups in total. The molecule has 1 aliphatic heterocycles. The van der Waals surface area contributed by atoms with Crippen molar-refractivity contribution in [1.82, 2.24) is 0 Å². The molecular formula is C15H14Cl2N2S2. The van der Waals surface area contributed by atoms with E-state index in [0.29, 0.717) is 16.0 Å². The number of anilines is 1. The van der Waals surface area contributed by atoms with Gasteiger partial charge >= 0.3 is 0 Å². The van der Waals surface area contributed by atoms with Gasteiger partial charge in [-0.25, -0.2) is 0 Å². The van der Waals surface area contributed by atoms with Crippen LogP contribution in [0.3, 0.4) is 0 Å². The monoisotopic (exact) mass is 356 g/mol. The van der Waals surface area contributed by atoms with Gasteiger partial charge in [0, 0.05) is 10.8 Å². The normalized spacial score (nSPS) is 19.3. The molecule has 0 bridgehead atoms. The number of thioether (sulfide) groups is 2. The van der Waals surface area contributed by atoms with E-state index in [1.807, 2.05) is 18.0 Å². The second kappa shape index (κ2) is 6.34. The number of halogens is 2. The fraction of sp³-hybridized carbons (Fsp3) is 0.400. The van der Waals surface area contributed by atoms with E-state index in [2.05, 4.69) is 11.0 Å². The van der Waals surface area contributed by atoms with Gasteiger partial charge in [0.05, 0.1) is 31.9 Å². The summed E-state index contributed by atoms with van der Waals surface area (Å²) in [6.07, 6.45) is 7.96. The zero-order chi connectivity index (χ0) is 15.0. The summed E-state index contributed by atoms with van der Waals surface area (Å²) in [4.78, 5) is 0.946. The van der Waals surface area contributed by atoms with Crippen molar-refractivity contribution < 1.29 is 0 Å². The summed E-state index contributed by atoms with van der Waals surface area (Å²) in [7, 11) is 0. The van der Waals surface area contributed by atoms with Crippen molar-refractivity contribution in [2.75, 3.05) is 10.9 Å². The van der Waals surface area contributed by atoms with Crippen molar-refractivity contribution in [3.8, 4) is 12.3 Å². The van der Waals surface area contributed by atoms with Crippen molar-refractivity contribution in [3.63, 3.8) is 0 Å². The first-order chi connectivity index (χ1) is 10.1. The van der Waals surface area contributed by atoms with Crippen LogP contribution < -0.4 is 5.01 Å². The molecular weight excluding hydrogens is 343 g/mol. The fourth-order valence-electron chi connectivity index (χ4n) is 1.99. The second-order valence-corrected chi connectivity index (χ2v) is 8.21. The molecule has 2 nitrogen and oxygen atoms in total. The SMILES string of the molecule is C#CC(C)Sc1cc(N2CSC(C3CC3)=N2)c(Cl)cc1Cl. The van der Waals surface area contributed by atoms with Crippen molar-refractivity contribution >= 4 is 57.5 Å². The van der Waals surface area contributed by atoms with Gasteiger partial charge in [0.15, 0.2) is 0 Å². The lowest BCUT2D eigenvalue weighted by molar-refractivity contribution is 0.994. The van der Waals surface area contributed by atoms with Crippen LogP contribution in [0.1, 0.15) is 19.8 Å². The molecule has 1 aliphatic carbocycles. The number of hydrogen-bond acceptors (Lipinski definition) is 4. The molecule has 21 heavy (non-hydrogen) atoms. The third kappa shape index (κ3) is 3.48. The molecule has 6 heteroatoms. The Morgan fingerprint density at radius 3 is 2.86 bits per heavy atom. The third-order valence-electron chi connectivity index (χ3n) is 3.30. The summed E-state index contributed by atoms with van der Waals surface area (Å²) in [5, 5.41) is 9.20. The Balaban J connectivity index is 1.88. The van der Waals surface area contributed by atoms with E-state index >= 15 is 0 Å². The number of benzene rings is 1. The largest absolute Gasteiger partial charge is 0.253 e. The zero-order valence-corrected chi connectivity index (χ0v) is 14.6. The van der Waals surface area contributed by atoms with Crippen LogP contribution in [0.5, 0.6) is 0 Å². The van der Waals surface area contributed by atoms with Crippen molar-refractivity contribution in [2.24, 2.45) is 11.0 Å². The Morgan fingerprint density at radius 1 is 1.43 bits per heavy atom. The van der Waals surface area contributed by atoms with Gasteiger partial charge in [-0.15, -0.1) is 18.2 Å². The van der Waals surface area contributed by atoms with Gasteiger partial charge in [0.1, 0.15) is 0 Å². The molecule has 0 spiro atoms. The van der Waals surface area contributed by atoms with Gasteiger partial charge in [-0.1, -0.05) is 40.9 Å². The van der Waals surface area contributed by atoms with Gasteiger partial charge in [-0.2, -0.15) is 5.10 Å². The molecule has 1 atom stereocenters. The molecule has 1 unspecified atom stereocenters. The summed E-state index contributed by atoms with van der Waals surface area (Å²) in [6, 6.07) is 3.77. The molecule has 1 aromatic carbocycles. The van der Waals surface area contributed by atoms with Crippen LogP contribution in [0.25, 0.3) is 0 Å². The maximum absolute atomic E-state index is 6.34. The topological polar surface area (TPSA) is 15.6 Å². The average molecular weight is 357 g/mol. The van der Waals surface area contributed by atoms with Crippen LogP contribution in [-0.2, 0) is 0 Å². The van der Waals surface area contributed by atoms with Gasteiger partial charge < -0.3 is 0 Å². The minimum Gasteiger partial charge on any atom is -0.253 e. The van der Waals surface area contributed by atoms with Crippen molar-refractivity contribution in [2.45, 2.75) is 29.9 Å². The number of hydrazone groups is 1. The maximum atomic E-state index is 6.34. The van der Waals surface area contributed by atoms with Crippen LogP contribution in [0.15, 0.2) is 22.1 Å². The van der Waals surface area contributed by atoms with E-state index in [1.54, 1.807) is 29.6 Å². The molecule has 1 aromatic rings. The minimum atomic E-state index is 0.0648. The Morgan fingerprint density at radius 2 is 2.19 bits per heavy atom. The van der Waals surface area contributed by atoms with Crippen molar-refractivity contribution in [1.29, 1.82) is 0 Å². The number of nitrogens with zero attached hydrogens (tertiary/aromatic N) is 2. The highest BCUT2D eigenvalue weighted by atomic mass is 35.5. The number of rotatable bonds is 4. The standard InChI is InChI=1S/C15H14Cl2N2S2/c1-3-9(2)21-14-7-13(11(16)6-12(14)17)19-8-20-15(18-19)10-4-5-10/h1,6-7,9-10H,4-5,8H2,2H3. The van der Waals surface area contributed by atoms with Crippen LogP contribution >= 0.6 is 46.7 Å². The molecule has 1 heterocycles. The minimum absolute atomic E-state index is 0.0648. The van der Waals surface area contributed by atoms with Crippen LogP contribution in [0.4, 0.5) is 5.69 Å². The summed E-state index contributed by atoms with van der Waals surface area (Å²) < 4.78 is 0. The highest BCUT2D eigenvalue weighted by Gasteiger charge is 2.32. The van der Waals surface area contributed by atoms with Gasteiger partial charge in [-0.3, -0.25) is 5.01 Å². The van der Waals surface area contributed by atoms with E-state index in [4.69, 9.17) is 29.6 Å². The summed E-state index contributed by atoms with van der Waals surface area (Å²) in [5.41, 5.74) is 0.899. The van der Waals surface area contributed by atoms with Crippen LogP contribution in [0.2, 0.25) is 10.0 Å². The highest BCUT2D eigenvalue weighted by molar-refractivity contribution is 8.14. The van der Waals surface area contributed by atoms with Crippen LogP contribution in [-0.4, -0.2) is 16.2 Å². The molecule has 110 valence electrons. The van der Waals surface area contributed by atoms with Gasteiger partial charge in [0.2, 0.25) is 0 Å². The first-order valence-electron chi connectivity index (χ1n) is 6.69. The summed E-state index contributed by atoms with van der Waals surface area (Å²) in [6.45, 7) is 1.98. The number of terminal acetylenes is 1.